The Kier molecular flexibility index (Phi) is 10.5. The highest BCUT2D eigenvalue weighted by atomic mass is 35.5. The monoisotopic (exact) mass is 405 g/mol. The van der Waals surface area contributed by atoms with E-state index in [0.717, 1.165) is 37.4 Å². The third-order valence-electron chi connectivity index (χ3n) is 3.86. The summed E-state index contributed by atoms with van der Waals surface area (Å²) < 4.78 is 11.3. The molecule has 7 N–H and O–H groups in total. The highest BCUT2D eigenvalue weighted by Crippen LogP contribution is 2.12. The quantitative estimate of drug-likeness (QED) is 0.210. The molecule has 0 atom stereocenters. The fraction of sp³-hybridized carbons (Fsp3) is 0.300. The van der Waals surface area contributed by atoms with Crippen molar-refractivity contribution in [2.24, 2.45) is 11.5 Å². The van der Waals surface area contributed by atoms with Gasteiger partial charge in [0.15, 0.2) is 0 Å². The Hall–Kier alpha value is -2.77. The topological polar surface area (TPSA) is 130 Å². The van der Waals surface area contributed by atoms with Crippen LogP contribution in [0.15, 0.2) is 48.5 Å². The van der Waals surface area contributed by atoms with Crippen LogP contribution in [0.3, 0.4) is 0 Å². The van der Waals surface area contributed by atoms with Crippen LogP contribution in [0.4, 0.5) is 0 Å². The summed E-state index contributed by atoms with van der Waals surface area (Å²) in [4.78, 5) is 0. The molecule has 0 radical (unpaired) electrons. The van der Waals surface area contributed by atoms with E-state index in [4.69, 9.17) is 31.8 Å². The summed E-state index contributed by atoms with van der Waals surface area (Å²) >= 11 is 0. The largest absolute Gasteiger partial charge is 0.494 e. The van der Waals surface area contributed by atoms with Crippen molar-refractivity contribution in [2.45, 2.75) is 12.8 Å². The first-order chi connectivity index (χ1) is 13.1. The Labute approximate surface area is 171 Å². The molecule has 0 saturated carbocycles. The van der Waals surface area contributed by atoms with E-state index in [0.29, 0.717) is 24.3 Å². The van der Waals surface area contributed by atoms with E-state index in [2.05, 4.69) is 5.32 Å². The van der Waals surface area contributed by atoms with E-state index < -0.39 is 0 Å². The zero-order valence-corrected chi connectivity index (χ0v) is 16.6. The summed E-state index contributed by atoms with van der Waals surface area (Å²) in [5, 5.41) is 18.1. The van der Waals surface area contributed by atoms with Gasteiger partial charge in [-0.3, -0.25) is 10.8 Å². The second-order valence-corrected chi connectivity index (χ2v) is 6.03. The molecule has 152 valence electrons. The molecule has 0 heterocycles. The molecule has 0 unspecified atom stereocenters. The van der Waals surface area contributed by atoms with Gasteiger partial charge < -0.3 is 26.3 Å². The number of amidine groups is 2. The SMILES string of the molecule is Cl.N=C(N)c1ccc(OCCCNCCCOc2ccc(C(=N)N)cc2)cc1. The van der Waals surface area contributed by atoms with Gasteiger partial charge in [-0.15, -0.1) is 12.4 Å². The Morgan fingerprint density at radius 2 is 1.07 bits per heavy atom. The molecule has 0 aromatic heterocycles. The average Bonchev–Trinajstić information content (AvgIpc) is 2.67. The van der Waals surface area contributed by atoms with Crippen molar-refractivity contribution < 1.29 is 9.47 Å². The Bertz CT molecular complexity index is 672. The van der Waals surface area contributed by atoms with Crippen LogP contribution in [0.5, 0.6) is 11.5 Å². The smallest absolute Gasteiger partial charge is 0.122 e. The maximum atomic E-state index is 7.35. The molecule has 0 aliphatic heterocycles. The van der Waals surface area contributed by atoms with Gasteiger partial charge in [0.05, 0.1) is 13.2 Å². The third kappa shape index (κ3) is 8.28. The van der Waals surface area contributed by atoms with E-state index in [9.17, 15) is 0 Å². The molecule has 7 nitrogen and oxygen atoms in total. The molecule has 2 rings (SSSR count). The van der Waals surface area contributed by atoms with E-state index in [-0.39, 0.29) is 24.1 Å². The zero-order valence-electron chi connectivity index (χ0n) is 15.7. The standard InChI is InChI=1S/C20H27N5O2.ClH/c21-19(22)15-3-7-17(8-4-15)26-13-1-11-25-12-2-14-27-18-9-5-16(6-10-18)20(23)24;/h3-10,25H,1-2,11-14H2,(H3,21,22)(H3,23,24);1H. The second-order valence-electron chi connectivity index (χ2n) is 6.03. The Morgan fingerprint density at radius 3 is 1.39 bits per heavy atom. The van der Waals surface area contributed by atoms with Crippen molar-refractivity contribution in [2.75, 3.05) is 26.3 Å². The molecule has 0 fully saturated rings. The van der Waals surface area contributed by atoms with Gasteiger partial charge in [-0.25, -0.2) is 0 Å². The lowest BCUT2D eigenvalue weighted by Gasteiger charge is -2.09. The molecule has 2 aromatic carbocycles. The van der Waals surface area contributed by atoms with Gasteiger partial charge in [0, 0.05) is 11.1 Å². The van der Waals surface area contributed by atoms with Crippen molar-refractivity contribution in [3.05, 3.63) is 59.7 Å². The molecule has 2 aromatic rings. The van der Waals surface area contributed by atoms with Gasteiger partial charge in [-0.1, -0.05) is 0 Å². The molecule has 0 bridgehead atoms. The number of ether oxygens (including phenoxy) is 2. The van der Waals surface area contributed by atoms with Crippen LogP contribution in [0.1, 0.15) is 24.0 Å². The van der Waals surface area contributed by atoms with Gasteiger partial charge in [0.25, 0.3) is 0 Å². The van der Waals surface area contributed by atoms with Crippen LogP contribution >= 0.6 is 12.4 Å². The molecule has 0 aliphatic rings. The fourth-order valence-electron chi connectivity index (χ4n) is 2.36. The lowest BCUT2D eigenvalue weighted by molar-refractivity contribution is 0.298. The Balaban J connectivity index is 0.00000392. The van der Waals surface area contributed by atoms with E-state index in [1.807, 2.05) is 24.3 Å². The molecule has 28 heavy (non-hydrogen) atoms. The van der Waals surface area contributed by atoms with Crippen LogP contribution in [-0.2, 0) is 0 Å². The molecule has 0 spiro atoms. The predicted octanol–water partition coefficient (Wildman–Crippen LogP) is 2.50. The fourth-order valence-corrected chi connectivity index (χ4v) is 2.36. The number of nitrogens with one attached hydrogen (secondary N) is 3. The average molecular weight is 406 g/mol. The van der Waals surface area contributed by atoms with Crippen molar-refractivity contribution in [3.63, 3.8) is 0 Å². The lowest BCUT2D eigenvalue weighted by atomic mass is 10.2. The first-order valence-electron chi connectivity index (χ1n) is 8.91. The van der Waals surface area contributed by atoms with Gasteiger partial charge in [-0.05, 0) is 74.5 Å². The number of hydrogen-bond acceptors (Lipinski definition) is 5. The normalized spacial score (nSPS) is 10.0. The van der Waals surface area contributed by atoms with Gasteiger partial charge in [-0.2, -0.15) is 0 Å². The first-order valence-corrected chi connectivity index (χ1v) is 8.91. The molecule has 0 aliphatic carbocycles. The number of benzene rings is 2. The predicted molar refractivity (Wildman–Crippen MR) is 115 cm³/mol. The number of nitrogens with two attached hydrogens (primary N) is 2. The molecule has 0 saturated heterocycles. The van der Waals surface area contributed by atoms with Crippen LogP contribution in [0, 0.1) is 10.8 Å². The first kappa shape index (κ1) is 23.3. The van der Waals surface area contributed by atoms with Gasteiger partial charge >= 0.3 is 0 Å². The summed E-state index contributed by atoms with van der Waals surface area (Å²) in [7, 11) is 0. The minimum absolute atomic E-state index is 0. The highest BCUT2D eigenvalue weighted by Gasteiger charge is 1.99. The number of rotatable bonds is 12. The summed E-state index contributed by atoms with van der Waals surface area (Å²) in [5.74, 6) is 1.68. The minimum Gasteiger partial charge on any atom is -0.494 e. The summed E-state index contributed by atoms with van der Waals surface area (Å²) in [6, 6.07) is 14.4. The second kappa shape index (κ2) is 12.6. The Morgan fingerprint density at radius 1 is 0.714 bits per heavy atom. The van der Waals surface area contributed by atoms with Crippen LogP contribution in [0.2, 0.25) is 0 Å². The minimum atomic E-state index is 0. The highest BCUT2D eigenvalue weighted by molar-refractivity contribution is 5.95. The summed E-state index contributed by atoms with van der Waals surface area (Å²) in [5.41, 5.74) is 12.2. The van der Waals surface area contributed by atoms with Crippen LogP contribution < -0.4 is 26.3 Å². The summed E-state index contributed by atoms with van der Waals surface area (Å²) in [6.07, 6.45) is 1.81. The van der Waals surface area contributed by atoms with Crippen molar-refractivity contribution in [1.29, 1.82) is 10.8 Å². The molecule has 0 amide bonds. The van der Waals surface area contributed by atoms with E-state index in [1.54, 1.807) is 24.3 Å². The lowest BCUT2D eigenvalue weighted by Crippen LogP contribution is -2.20. The van der Waals surface area contributed by atoms with E-state index in [1.165, 1.54) is 0 Å². The van der Waals surface area contributed by atoms with Gasteiger partial charge in [0.2, 0.25) is 0 Å². The van der Waals surface area contributed by atoms with Crippen LogP contribution in [-0.4, -0.2) is 38.0 Å². The van der Waals surface area contributed by atoms with E-state index >= 15 is 0 Å². The van der Waals surface area contributed by atoms with Crippen LogP contribution in [0.25, 0.3) is 0 Å². The number of nitrogen functional groups attached to an aromatic ring is 2. The summed E-state index contributed by atoms with van der Waals surface area (Å²) in [6.45, 7) is 3.01. The maximum absolute atomic E-state index is 7.35. The number of halogens is 1. The van der Waals surface area contributed by atoms with Crippen molar-refractivity contribution >= 4 is 24.1 Å². The van der Waals surface area contributed by atoms with Crippen molar-refractivity contribution in [1.82, 2.24) is 5.32 Å². The number of hydrogen-bond donors (Lipinski definition) is 5. The molecular formula is C20H28ClN5O2. The molecular weight excluding hydrogens is 378 g/mol. The third-order valence-corrected chi connectivity index (χ3v) is 3.86. The molecule has 8 heteroatoms. The van der Waals surface area contributed by atoms with Gasteiger partial charge in [0.1, 0.15) is 23.2 Å². The maximum Gasteiger partial charge on any atom is 0.122 e. The van der Waals surface area contributed by atoms with Crippen molar-refractivity contribution in [3.8, 4) is 11.5 Å². The zero-order chi connectivity index (χ0) is 19.5.